The second-order valence-electron chi connectivity index (χ2n) is 6.24. The van der Waals surface area contributed by atoms with Crippen LogP contribution in [0, 0.1) is 6.92 Å². The number of benzene rings is 2. The fourth-order valence-corrected chi connectivity index (χ4v) is 2.84. The maximum absolute atomic E-state index is 6.41. The lowest BCUT2D eigenvalue weighted by atomic mass is 10.0. The standard InChI is InChI=1S/C20H24N4O2/c1-14-4-6-15(7-5-14)12-24-20(22-13-23-24)11-17(21)16-8-9-18(25-2)19(10-16)26-3/h4-10,13,17H,11-12,21H2,1-3H3/t17-/m1/s1. The van der Waals surface area contributed by atoms with E-state index >= 15 is 0 Å². The number of aromatic nitrogens is 3. The molecule has 0 saturated carbocycles. The molecule has 0 aliphatic carbocycles. The average Bonchev–Trinajstić information content (AvgIpc) is 3.09. The lowest BCUT2D eigenvalue weighted by Gasteiger charge is -2.15. The third-order valence-electron chi connectivity index (χ3n) is 4.39. The van der Waals surface area contributed by atoms with Crippen LogP contribution >= 0.6 is 0 Å². The van der Waals surface area contributed by atoms with Gasteiger partial charge < -0.3 is 15.2 Å². The Kier molecular flexibility index (Phi) is 5.53. The number of nitrogens with zero attached hydrogens (tertiary/aromatic N) is 3. The zero-order valence-corrected chi connectivity index (χ0v) is 15.3. The van der Waals surface area contributed by atoms with Crippen LogP contribution in [0.25, 0.3) is 0 Å². The quantitative estimate of drug-likeness (QED) is 0.708. The van der Waals surface area contributed by atoms with Gasteiger partial charge in [0.2, 0.25) is 0 Å². The first-order chi connectivity index (χ1) is 12.6. The van der Waals surface area contributed by atoms with Crippen LogP contribution in [-0.2, 0) is 13.0 Å². The highest BCUT2D eigenvalue weighted by atomic mass is 16.5. The van der Waals surface area contributed by atoms with Gasteiger partial charge in [-0.25, -0.2) is 9.67 Å². The number of ether oxygens (including phenoxy) is 2. The lowest BCUT2D eigenvalue weighted by Crippen LogP contribution is -2.17. The number of nitrogens with two attached hydrogens (primary N) is 1. The zero-order valence-electron chi connectivity index (χ0n) is 15.3. The van der Waals surface area contributed by atoms with Crippen molar-refractivity contribution in [3.63, 3.8) is 0 Å². The number of hydrogen-bond donors (Lipinski definition) is 1. The van der Waals surface area contributed by atoms with Gasteiger partial charge >= 0.3 is 0 Å². The molecule has 0 aliphatic rings. The molecule has 0 fully saturated rings. The average molecular weight is 352 g/mol. The van der Waals surface area contributed by atoms with Crippen LogP contribution in [-0.4, -0.2) is 29.0 Å². The Morgan fingerprint density at radius 2 is 1.77 bits per heavy atom. The molecule has 0 bridgehead atoms. The maximum Gasteiger partial charge on any atom is 0.161 e. The molecule has 2 aromatic carbocycles. The minimum Gasteiger partial charge on any atom is -0.493 e. The number of rotatable bonds is 7. The van der Waals surface area contributed by atoms with Gasteiger partial charge in [0, 0.05) is 12.5 Å². The van der Waals surface area contributed by atoms with Gasteiger partial charge in [-0.15, -0.1) is 0 Å². The Hall–Kier alpha value is -2.86. The molecule has 0 saturated heterocycles. The predicted octanol–water partition coefficient (Wildman–Crippen LogP) is 2.89. The highest BCUT2D eigenvalue weighted by Crippen LogP contribution is 2.30. The molecule has 0 aliphatic heterocycles. The summed E-state index contributed by atoms with van der Waals surface area (Å²) in [6, 6.07) is 13.9. The molecule has 6 nitrogen and oxygen atoms in total. The molecule has 26 heavy (non-hydrogen) atoms. The van der Waals surface area contributed by atoms with Crippen molar-refractivity contribution in [3.05, 3.63) is 71.3 Å². The molecular weight excluding hydrogens is 328 g/mol. The Balaban J connectivity index is 1.75. The fourth-order valence-electron chi connectivity index (χ4n) is 2.84. The highest BCUT2D eigenvalue weighted by Gasteiger charge is 2.15. The van der Waals surface area contributed by atoms with E-state index in [2.05, 4.69) is 41.3 Å². The third kappa shape index (κ3) is 4.03. The Bertz CT molecular complexity index is 859. The second kappa shape index (κ2) is 8.01. The Morgan fingerprint density at radius 3 is 2.46 bits per heavy atom. The van der Waals surface area contributed by atoms with Crippen LogP contribution in [0.2, 0.25) is 0 Å². The topological polar surface area (TPSA) is 75.2 Å². The second-order valence-corrected chi connectivity index (χ2v) is 6.24. The van der Waals surface area contributed by atoms with Crippen molar-refractivity contribution in [1.29, 1.82) is 0 Å². The van der Waals surface area contributed by atoms with Crippen LogP contribution in [0.3, 0.4) is 0 Å². The van der Waals surface area contributed by atoms with E-state index < -0.39 is 0 Å². The number of aryl methyl sites for hydroxylation is 1. The van der Waals surface area contributed by atoms with Crippen LogP contribution in [0.1, 0.15) is 28.6 Å². The molecule has 0 amide bonds. The van der Waals surface area contributed by atoms with Crippen molar-refractivity contribution < 1.29 is 9.47 Å². The van der Waals surface area contributed by atoms with Crippen molar-refractivity contribution in [2.75, 3.05) is 14.2 Å². The van der Waals surface area contributed by atoms with E-state index in [1.54, 1.807) is 20.5 Å². The lowest BCUT2D eigenvalue weighted by molar-refractivity contribution is 0.354. The summed E-state index contributed by atoms with van der Waals surface area (Å²) in [5, 5.41) is 4.35. The van der Waals surface area contributed by atoms with Crippen LogP contribution in [0.5, 0.6) is 11.5 Å². The Labute approximate surface area is 153 Å². The zero-order chi connectivity index (χ0) is 18.5. The van der Waals surface area contributed by atoms with Crippen molar-refractivity contribution in [2.24, 2.45) is 5.73 Å². The van der Waals surface area contributed by atoms with E-state index in [0.29, 0.717) is 24.5 Å². The molecule has 0 unspecified atom stereocenters. The molecule has 3 rings (SSSR count). The summed E-state index contributed by atoms with van der Waals surface area (Å²) in [4.78, 5) is 4.39. The predicted molar refractivity (Wildman–Crippen MR) is 100 cm³/mol. The van der Waals surface area contributed by atoms with Gasteiger partial charge in [-0.2, -0.15) is 5.10 Å². The van der Waals surface area contributed by atoms with E-state index in [9.17, 15) is 0 Å². The van der Waals surface area contributed by atoms with E-state index in [0.717, 1.165) is 11.4 Å². The number of hydrogen-bond acceptors (Lipinski definition) is 5. The minimum absolute atomic E-state index is 0.212. The van der Waals surface area contributed by atoms with Gasteiger partial charge in [0.15, 0.2) is 11.5 Å². The molecule has 1 atom stereocenters. The monoisotopic (exact) mass is 352 g/mol. The van der Waals surface area contributed by atoms with Crippen LogP contribution in [0.4, 0.5) is 0 Å². The van der Waals surface area contributed by atoms with Gasteiger partial charge in [0.05, 0.1) is 20.8 Å². The summed E-state index contributed by atoms with van der Waals surface area (Å²) in [6.45, 7) is 2.75. The molecule has 0 spiro atoms. The molecule has 0 radical (unpaired) electrons. The maximum atomic E-state index is 6.41. The Morgan fingerprint density at radius 1 is 1.04 bits per heavy atom. The molecule has 6 heteroatoms. The SMILES string of the molecule is COc1ccc([C@H](N)Cc2ncnn2Cc2ccc(C)cc2)cc1OC. The largest absolute Gasteiger partial charge is 0.493 e. The van der Waals surface area contributed by atoms with Crippen molar-refractivity contribution in [1.82, 2.24) is 14.8 Å². The molecular formula is C20H24N4O2. The van der Waals surface area contributed by atoms with Crippen molar-refractivity contribution in [2.45, 2.75) is 25.9 Å². The summed E-state index contributed by atoms with van der Waals surface area (Å²) in [7, 11) is 3.23. The van der Waals surface area contributed by atoms with Crippen LogP contribution in [0.15, 0.2) is 48.8 Å². The first-order valence-corrected chi connectivity index (χ1v) is 8.50. The number of methoxy groups -OCH3 is 2. The van der Waals surface area contributed by atoms with Crippen molar-refractivity contribution in [3.8, 4) is 11.5 Å². The third-order valence-corrected chi connectivity index (χ3v) is 4.39. The van der Waals surface area contributed by atoms with E-state index in [4.69, 9.17) is 15.2 Å². The van der Waals surface area contributed by atoms with Gasteiger partial charge in [-0.05, 0) is 30.2 Å². The summed E-state index contributed by atoms with van der Waals surface area (Å²) in [6.07, 6.45) is 2.16. The van der Waals surface area contributed by atoms with Crippen molar-refractivity contribution >= 4 is 0 Å². The van der Waals surface area contributed by atoms with Gasteiger partial charge in [-0.1, -0.05) is 35.9 Å². The molecule has 1 aromatic heterocycles. The minimum atomic E-state index is -0.212. The fraction of sp³-hybridized carbons (Fsp3) is 0.300. The van der Waals surface area contributed by atoms with Crippen LogP contribution < -0.4 is 15.2 Å². The normalized spacial score (nSPS) is 12.0. The van der Waals surface area contributed by atoms with Gasteiger partial charge in [0.25, 0.3) is 0 Å². The summed E-state index contributed by atoms with van der Waals surface area (Å²) in [5.74, 6) is 2.21. The summed E-state index contributed by atoms with van der Waals surface area (Å²) in [5.41, 5.74) is 9.79. The van der Waals surface area contributed by atoms with E-state index in [1.165, 1.54) is 11.1 Å². The van der Waals surface area contributed by atoms with E-state index in [-0.39, 0.29) is 6.04 Å². The molecule has 1 heterocycles. The smallest absolute Gasteiger partial charge is 0.161 e. The first-order valence-electron chi connectivity index (χ1n) is 8.50. The highest BCUT2D eigenvalue weighted by molar-refractivity contribution is 5.43. The van der Waals surface area contributed by atoms with E-state index in [1.807, 2.05) is 22.9 Å². The summed E-state index contributed by atoms with van der Waals surface area (Å²) >= 11 is 0. The van der Waals surface area contributed by atoms with Gasteiger partial charge in [-0.3, -0.25) is 0 Å². The molecule has 2 N–H and O–H groups in total. The molecule has 3 aromatic rings. The van der Waals surface area contributed by atoms with Gasteiger partial charge in [0.1, 0.15) is 12.2 Å². The first kappa shape index (κ1) is 17.9. The summed E-state index contributed by atoms with van der Waals surface area (Å²) < 4.78 is 12.5. The molecule has 136 valence electrons.